The largest absolute Gasteiger partial charge is 0.443 e. The Bertz CT molecular complexity index is 1170. The Balaban J connectivity index is 1.61. The number of benzene rings is 1. The standard InChI is InChI=1S/C20H19N5O2/c1-11-8-17(14-4-3-5-16-18(14)27-10-21-16)24-19-15(9-22-25(11)19)20(26)23-12(2)13-6-7-13/h3-5,8-10,12-13H,6-7H2,1-2H3,(H,23,26)/t12-/m1/s1. The van der Waals surface area contributed by atoms with Crippen molar-refractivity contribution >= 4 is 22.7 Å². The second-order valence-electron chi connectivity index (χ2n) is 7.18. The molecule has 0 spiro atoms. The molecule has 1 N–H and O–H groups in total. The van der Waals surface area contributed by atoms with E-state index in [1.807, 2.05) is 31.2 Å². The number of hydrogen-bond acceptors (Lipinski definition) is 5. The first-order valence-electron chi connectivity index (χ1n) is 9.10. The summed E-state index contributed by atoms with van der Waals surface area (Å²) in [5.41, 5.74) is 4.94. The van der Waals surface area contributed by atoms with E-state index in [1.54, 1.807) is 10.7 Å². The average Bonchev–Trinajstić information content (AvgIpc) is 3.24. The van der Waals surface area contributed by atoms with Gasteiger partial charge in [0, 0.05) is 17.3 Å². The number of aromatic nitrogens is 4. The van der Waals surface area contributed by atoms with Crippen molar-refractivity contribution in [1.29, 1.82) is 0 Å². The van der Waals surface area contributed by atoms with Gasteiger partial charge < -0.3 is 9.73 Å². The zero-order valence-electron chi connectivity index (χ0n) is 15.1. The van der Waals surface area contributed by atoms with Crippen LogP contribution in [0.2, 0.25) is 0 Å². The van der Waals surface area contributed by atoms with E-state index in [1.165, 1.54) is 19.2 Å². The summed E-state index contributed by atoms with van der Waals surface area (Å²) in [6, 6.07) is 7.86. The molecular weight excluding hydrogens is 342 g/mol. The van der Waals surface area contributed by atoms with Gasteiger partial charge >= 0.3 is 0 Å². The Morgan fingerprint density at radius 3 is 3.04 bits per heavy atom. The van der Waals surface area contributed by atoms with Crippen molar-refractivity contribution in [3.8, 4) is 11.3 Å². The number of para-hydroxylation sites is 1. The fourth-order valence-corrected chi connectivity index (χ4v) is 3.50. The van der Waals surface area contributed by atoms with E-state index >= 15 is 0 Å². The average molecular weight is 361 g/mol. The number of carbonyl (C=O) groups is 1. The van der Waals surface area contributed by atoms with Crippen LogP contribution in [0.4, 0.5) is 0 Å². The summed E-state index contributed by atoms with van der Waals surface area (Å²) >= 11 is 0. The van der Waals surface area contributed by atoms with E-state index in [4.69, 9.17) is 9.40 Å². The van der Waals surface area contributed by atoms with Crippen LogP contribution < -0.4 is 5.32 Å². The maximum absolute atomic E-state index is 12.8. The summed E-state index contributed by atoms with van der Waals surface area (Å²) in [4.78, 5) is 21.7. The summed E-state index contributed by atoms with van der Waals surface area (Å²) < 4.78 is 7.24. The molecule has 0 saturated heterocycles. The molecule has 0 unspecified atom stereocenters. The zero-order valence-corrected chi connectivity index (χ0v) is 15.1. The molecule has 1 fully saturated rings. The van der Waals surface area contributed by atoms with Gasteiger partial charge in [-0.1, -0.05) is 6.07 Å². The molecule has 1 atom stereocenters. The normalized spacial score (nSPS) is 15.3. The zero-order chi connectivity index (χ0) is 18.5. The number of rotatable bonds is 4. The number of nitrogens with one attached hydrogen (secondary N) is 1. The Morgan fingerprint density at radius 2 is 2.22 bits per heavy atom. The van der Waals surface area contributed by atoms with Gasteiger partial charge in [0.25, 0.3) is 5.91 Å². The number of hydrogen-bond donors (Lipinski definition) is 1. The quantitative estimate of drug-likeness (QED) is 0.602. The SMILES string of the molecule is Cc1cc(-c2cccc3ncoc23)nc2c(C(=O)N[C@H](C)C3CC3)cnn12. The van der Waals surface area contributed by atoms with Crippen molar-refractivity contribution in [3.63, 3.8) is 0 Å². The van der Waals surface area contributed by atoms with Gasteiger partial charge in [0.15, 0.2) is 17.6 Å². The number of carbonyl (C=O) groups excluding carboxylic acids is 1. The monoisotopic (exact) mass is 361 g/mol. The molecule has 4 aromatic rings. The van der Waals surface area contributed by atoms with Crippen LogP contribution in [0.5, 0.6) is 0 Å². The minimum atomic E-state index is -0.133. The highest BCUT2D eigenvalue weighted by molar-refractivity contribution is 6.00. The van der Waals surface area contributed by atoms with Gasteiger partial charge in [0.05, 0.1) is 11.9 Å². The van der Waals surface area contributed by atoms with Gasteiger partial charge in [-0.3, -0.25) is 4.79 Å². The van der Waals surface area contributed by atoms with Gasteiger partial charge in [-0.2, -0.15) is 5.10 Å². The number of aryl methyl sites for hydroxylation is 1. The fourth-order valence-electron chi connectivity index (χ4n) is 3.50. The van der Waals surface area contributed by atoms with Crippen molar-refractivity contribution in [2.24, 2.45) is 5.92 Å². The van der Waals surface area contributed by atoms with Crippen molar-refractivity contribution in [3.05, 3.63) is 48.1 Å². The number of amides is 1. The molecule has 136 valence electrons. The minimum absolute atomic E-state index is 0.133. The molecule has 0 radical (unpaired) electrons. The van der Waals surface area contributed by atoms with Crippen LogP contribution in [0.1, 0.15) is 35.8 Å². The molecule has 5 rings (SSSR count). The van der Waals surface area contributed by atoms with Crippen LogP contribution in [0.25, 0.3) is 28.0 Å². The summed E-state index contributed by atoms with van der Waals surface area (Å²) in [7, 11) is 0. The molecule has 3 heterocycles. The van der Waals surface area contributed by atoms with Crippen LogP contribution in [-0.2, 0) is 0 Å². The number of nitrogens with zero attached hydrogens (tertiary/aromatic N) is 4. The highest BCUT2D eigenvalue weighted by Crippen LogP contribution is 2.32. The van der Waals surface area contributed by atoms with Crippen LogP contribution in [0, 0.1) is 12.8 Å². The van der Waals surface area contributed by atoms with Gasteiger partial charge in [0.1, 0.15) is 11.1 Å². The molecule has 27 heavy (non-hydrogen) atoms. The smallest absolute Gasteiger partial charge is 0.256 e. The molecule has 0 aliphatic heterocycles. The predicted molar refractivity (Wildman–Crippen MR) is 100 cm³/mol. The van der Waals surface area contributed by atoms with E-state index in [0.29, 0.717) is 22.7 Å². The summed E-state index contributed by atoms with van der Waals surface area (Å²) in [6.45, 7) is 4.00. The molecule has 1 aliphatic carbocycles. The number of fused-ring (bicyclic) bond motifs is 2. The van der Waals surface area contributed by atoms with Crippen LogP contribution in [0.3, 0.4) is 0 Å². The summed E-state index contributed by atoms with van der Waals surface area (Å²) in [6.07, 6.45) is 5.37. The van der Waals surface area contributed by atoms with E-state index in [9.17, 15) is 4.79 Å². The third-order valence-electron chi connectivity index (χ3n) is 5.21. The van der Waals surface area contributed by atoms with E-state index in [-0.39, 0.29) is 11.9 Å². The second kappa shape index (κ2) is 5.90. The van der Waals surface area contributed by atoms with Gasteiger partial charge in [-0.25, -0.2) is 14.5 Å². The molecule has 1 aromatic carbocycles. The molecule has 7 heteroatoms. The lowest BCUT2D eigenvalue weighted by atomic mass is 10.1. The predicted octanol–water partition coefficient (Wildman–Crippen LogP) is 3.37. The Hall–Kier alpha value is -3.22. The fraction of sp³-hybridized carbons (Fsp3) is 0.300. The molecular formula is C20H19N5O2. The van der Waals surface area contributed by atoms with Crippen LogP contribution in [-0.4, -0.2) is 31.5 Å². The first kappa shape index (κ1) is 16.0. The van der Waals surface area contributed by atoms with E-state index in [2.05, 4.69) is 22.3 Å². The Morgan fingerprint density at radius 1 is 1.37 bits per heavy atom. The Labute approximate surface area is 155 Å². The Kier molecular flexibility index (Phi) is 3.50. The molecule has 1 amide bonds. The molecule has 7 nitrogen and oxygen atoms in total. The van der Waals surface area contributed by atoms with Gasteiger partial charge in [0.2, 0.25) is 0 Å². The van der Waals surface area contributed by atoms with E-state index < -0.39 is 0 Å². The number of oxazole rings is 1. The summed E-state index contributed by atoms with van der Waals surface area (Å²) in [5, 5.41) is 7.43. The van der Waals surface area contributed by atoms with Crippen LogP contribution >= 0.6 is 0 Å². The van der Waals surface area contributed by atoms with Crippen LogP contribution in [0.15, 0.2) is 41.3 Å². The highest BCUT2D eigenvalue weighted by atomic mass is 16.3. The lowest BCUT2D eigenvalue weighted by molar-refractivity contribution is 0.0937. The molecule has 0 bridgehead atoms. The summed E-state index contributed by atoms with van der Waals surface area (Å²) in [5.74, 6) is 0.455. The third-order valence-corrected chi connectivity index (χ3v) is 5.21. The first-order valence-corrected chi connectivity index (χ1v) is 9.10. The molecule has 3 aromatic heterocycles. The molecule has 1 aliphatic rings. The van der Waals surface area contributed by atoms with Gasteiger partial charge in [-0.15, -0.1) is 0 Å². The van der Waals surface area contributed by atoms with Crippen molar-refractivity contribution in [2.45, 2.75) is 32.7 Å². The second-order valence-corrected chi connectivity index (χ2v) is 7.18. The third kappa shape index (κ3) is 2.66. The first-order chi connectivity index (χ1) is 13.1. The van der Waals surface area contributed by atoms with Crippen molar-refractivity contribution in [2.75, 3.05) is 0 Å². The minimum Gasteiger partial charge on any atom is -0.443 e. The van der Waals surface area contributed by atoms with Gasteiger partial charge in [-0.05, 0) is 50.8 Å². The van der Waals surface area contributed by atoms with Crippen molar-refractivity contribution < 1.29 is 9.21 Å². The lowest BCUT2D eigenvalue weighted by Crippen LogP contribution is -2.34. The van der Waals surface area contributed by atoms with E-state index in [0.717, 1.165) is 22.5 Å². The van der Waals surface area contributed by atoms with Crippen molar-refractivity contribution in [1.82, 2.24) is 24.9 Å². The molecule has 1 saturated carbocycles. The topological polar surface area (TPSA) is 85.3 Å². The lowest BCUT2D eigenvalue weighted by Gasteiger charge is -2.12. The maximum atomic E-state index is 12.8. The maximum Gasteiger partial charge on any atom is 0.256 e. The highest BCUT2D eigenvalue weighted by Gasteiger charge is 2.30.